The molecule has 1 fully saturated rings. The Balaban J connectivity index is 1.74. The molecular weight excluding hydrogens is 510 g/mol. The van der Waals surface area contributed by atoms with E-state index in [1.54, 1.807) is 26.2 Å². The first-order valence-electron chi connectivity index (χ1n) is 14.1. The summed E-state index contributed by atoms with van der Waals surface area (Å²) in [6.07, 6.45) is 0.0177. The lowest BCUT2D eigenvalue weighted by molar-refractivity contribution is -0.144. The number of carbonyl (C=O) groups is 3. The van der Waals surface area contributed by atoms with Gasteiger partial charge in [-0.15, -0.1) is 0 Å². The van der Waals surface area contributed by atoms with E-state index in [4.69, 9.17) is 9.47 Å². The Hall–Kier alpha value is -3.79. The van der Waals surface area contributed by atoms with Gasteiger partial charge in [-0.3, -0.25) is 14.4 Å². The molecule has 1 aliphatic rings. The van der Waals surface area contributed by atoms with Crippen molar-refractivity contribution in [3.05, 3.63) is 48.0 Å². The number of hydrogen-bond acceptors (Lipinski definition) is 8. The summed E-state index contributed by atoms with van der Waals surface area (Å²) in [6.45, 7) is 12.3. The monoisotopic (exact) mass is 553 g/mol. The molecule has 1 saturated heterocycles. The van der Waals surface area contributed by atoms with E-state index in [9.17, 15) is 14.4 Å². The SMILES string of the molecule is CCOC(=O)CCC(=O)Nc1ccc(N2CCN(c3ccccc3OC)CC2)c(C(=O)NCCN(CC)CC)c1. The van der Waals surface area contributed by atoms with Gasteiger partial charge in [0.2, 0.25) is 5.91 Å². The quantitative estimate of drug-likeness (QED) is 0.343. The summed E-state index contributed by atoms with van der Waals surface area (Å²) in [5, 5.41) is 5.88. The third kappa shape index (κ3) is 8.61. The molecule has 2 N–H and O–H groups in total. The maximum absolute atomic E-state index is 13.4. The Bertz CT molecular complexity index is 1130. The molecule has 0 aliphatic carbocycles. The van der Waals surface area contributed by atoms with Crippen molar-refractivity contribution >= 4 is 34.8 Å². The number of carbonyl (C=O) groups excluding carboxylic acids is 3. The number of nitrogens with zero attached hydrogens (tertiary/aromatic N) is 3. The van der Waals surface area contributed by atoms with E-state index >= 15 is 0 Å². The van der Waals surface area contributed by atoms with Crippen LogP contribution in [0.1, 0.15) is 44.0 Å². The molecular formula is C30H43N5O5. The van der Waals surface area contributed by atoms with Crippen molar-refractivity contribution in [2.75, 3.05) is 81.2 Å². The van der Waals surface area contributed by atoms with E-state index in [-0.39, 0.29) is 31.3 Å². The molecule has 0 unspecified atom stereocenters. The van der Waals surface area contributed by atoms with Gasteiger partial charge in [-0.1, -0.05) is 26.0 Å². The van der Waals surface area contributed by atoms with E-state index in [0.29, 0.717) is 17.8 Å². The Morgan fingerprint density at radius 3 is 2.23 bits per heavy atom. The Kier molecular flexibility index (Phi) is 12.1. The highest BCUT2D eigenvalue weighted by Gasteiger charge is 2.24. The molecule has 0 radical (unpaired) electrons. The van der Waals surface area contributed by atoms with Gasteiger partial charge in [-0.2, -0.15) is 0 Å². The van der Waals surface area contributed by atoms with Crippen LogP contribution in [0.25, 0.3) is 0 Å². The fourth-order valence-electron chi connectivity index (χ4n) is 4.79. The molecule has 218 valence electrons. The third-order valence-electron chi connectivity index (χ3n) is 7.04. The largest absolute Gasteiger partial charge is 0.495 e. The topological polar surface area (TPSA) is 103 Å². The van der Waals surface area contributed by atoms with Gasteiger partial charge in [0.05, 0.1) is 31.4 Å². The van der Waals surface area contributed by atoms with Gasteiger partial charge < -0.3 is 34.8 Å². The Morgan fingerprint density at radius 1 is 0.900 bits per heavy atom. The zero-order chi connectivity index (χ0) is 28.9. The van der Waals surface area contributed by atoms with Gasteiger partial charge >= 0.3 is 5.97 Å². The fraction of sp³-hybridized carbons (Fsp3) is 0.500. The van der Waals surface area contributed by atoms with Gasteiger partial charge in [0, 0.05) is 57.1 Å². The molecule has 2 aromatic carbocycles. The van der Waals surface area contributed by atoms with E-state index in [2.05, 4.69) is 45.2 Å². The van der Waals surface area contributed by atoms with E-state index in [1.807, 2.05) is 24.3 Å². The number of rotatable bonds is 14. The molecule has 2 aromatic rings. The molecule has 10 heteroatoms. The number of para-hydroxylation sites is 2. The number of nitrogens with one attached hydrogen (secondary N) is 2. The molecule has 0 aromatic heterocycles. The van der Waals surface area contributed by atoms with Crippen molar-refractivity contribution in [3.8, 4) is 5.75 Å². The van der Waals surface area contributed by atoms with Crippen molar-refractivity contribution < 1.29 is 23.9 Å². The van der Waals surface area contributed by atoms with Gasteiger partial charge in [0.1, 0.15) is 5.75 Å². The van der Waals surface area contributed by atoms with Crippen LogP contribution >= 0.6 is 0 Å². The summed E-state index contributed by atoms with van der Waals surface area (Å²) < 4.78 is 10.5. The maximum Gasteiger partial charge on any atom is 0.306 e. The van der Waals surface area contributed by atoms with Crippen molar-refractivity contribution in [2.24, 2.45) is 0 Å². The highest BCUT2D eigenvalue weighted by atomic mass is 16.5. The van der Waals surface area contributed by atoms with Crippen LogP contribution in [0.5, 0.6) is 5.75 Å². The Morgan fingerprint density at radius 2 is 1.57 bits per heavy atom. The van der Waals surface area contributed by atoms with Gasteiger partial charge in [-0.05, 0) is 50.3 Å². The minimum absolute atomic E-state index is 0.00688. The number of piperazine rings is 1. The number of esters is 1. The van der Waals surface area contributed by atoms with Crippen LogP contribution in [0.15, 0.2) is 42.5 Å². The standard InChI is InChI=1S/C30H43N5O5/c1-5-33(6-2)17-16-31-30(38)24-22-23(32-28(36)14-15-29(37)40-7-3)12-13-25(24)34-18-20-35(21-19-34)26-10-8-9-11-27(26)39-4/h8-13,22H,5-7,14-21H2,1-4H3,(H,31,38)(H,32,36). The van der Waals surface area contributed by atoms with Crippen molar-refractivity contribution in [1.29, 1.82) is 0 Å². The third-order valence-corrected chi connectivity index (χ3v) is 7.04. The summed E-state index contributed by atoms with van der Waals surface area (Å²) in [5.41, 5.74) is 2.90. The maximum atomic E-state index is 13.4. The molecule has 2 amide bonds. The molecule has 40 heavy (non-hydrogen) atoms. The lowest BCUT2D eigenvalue weighted by Gasteiger charge is -2.38. The van der Waals surface area contributed by atoms with Crippen LogP contribution in [0.3, 0.4) is 0 Å². The fourth-order valence-corrected chi connectivity index (χ4v) is 4.79. The van der Waals surface area contributed by atoms with Crippen LogP contribution in [-0.2, 0) is 14.3 Å². The summed E-state index contributed by atoms with van der Waals surface area (Å²) in [5.74, 6) is -0.0585. The van der Waals surface area contributed by atoms with E-state index in [1.165, 1.54) is 0 Å². The molecule has 10 nitrogen and oxygen atoms in total. The second-order valence-electron chi connectivity index (χ2n) is 9.51. The number of benzene rings is 2. The number of ether oxygens (including phenoxy) is 2. The predicted molar refractivity (Wildman–Crippen MR) is 158 cm³/mol. The molecule has 0 saturated carbocycles. The average Bonchev–Trinajstić information content (AvgIpc) is 2.98. The van der Waals surface area contributed by atoms with Crippen LogP contribution in [0.2, 0.25) is 0 Å². The number of hydrogen-bond donors (Lipinski definition) is 2. The second-order valence-corrected chi connectivity index (χ2v) is 9.51. The number of likely N-dealkylation sites (N-methyl/N-ethyl adjacent to an activating group) is 1. The number of methoxy groups -OCH3 is 1. The van der Waals surface area contributed by atoms with Crippen LogP contribution in [-0.4, -0.2) is 88.8 Å². The van der Waals surface area contributed by atoms with Crippen LogP contribution < -0.4 is 25.2 Å². The number of amides is 2. The molecule has 1 aliphatic heterocycles. The second kappa shape index (κ2) is 15.7. The molecule has 1 heterocycles. The summed E-state index contributed by atoms with van der Waals surface area (Å²) in [6, 6.07) is 13.4. The average molecular weight is 554 g/mol. The van der Waals surface area contributed by atoms with Crippen LogP contribution in [0.4, 0.5) is 17.1 Å². The number of anilines is 3. The van der Waals surface area contributed by atoms with E-state index < -0.39 is 5.97 Å². The van der Waals surface area contributed by atoms with Gasteiger partial charge in [-0.25, -0.2) is 0 Å². The normalized spacial score (nSPS) is 13.2. The highest BCUT2D eigenvalue weighted by Crippen LogP contribution is 2.31. The Labute approximate surface area is 237 Å². The summed E-state index contributed by atoms with van der Waals surface area (Å²) in [4.78, 5) is 44.3. The predicted octanol–water partition coefficient (Wildman–Crippen LogP) is 3.38. The smallest absolute Gasteiger partial charge is 0.306 e. The zero-order valence-corrected chi connectivity index (χ0v) is 24.2. The molecule has 0 bridgehead atoms. The first-order chi connectivity index (χ1) is 19.4. The minimum Gasteiger partial charge on any atom is -0.495 e. The van der Waals surface area contributed by atoms with Crippen molar-refractivity contribution in [1.82, 2.24) is 10.2 Å². The van der Waals surface area contributed by atoms with Crippen LogP contribution in [0, 0.1) is 0 Å². The first-order valence-corrected chi connectivity index (χ1v) is 14.1. The molecule has 0 atom stereocenters. The van der Waals surface area contributed by atoms with Crippen molar-refractivity contribution in [3.63, 3.8) is 0 Å². The van der Waals surface area contributed by atoms with E-state index in [0.717, 1.165) is 62.9 Å². The van der Waals surface area contributed by atoms with Gasteiger partial charge in [0.25, 0.3) is 5.91 Å². The summed E-state index contributed by atoms with van der Waals surface area (Å²) >= 11 is 0. The molecule has 0 spiro atoms. The van der Waals surface area contributed by atoms with Gasteiger partial charge in [0.15, 0.2) is 0 Å². The summed E-state index contributed by atoms with van der Waals surface area (Å²) in [7, 11) is 1.68. The lowest BCUT2D eigenvalue weighted by atomic mass is 10.1. The highest BCUT2D eigenvalue weighted by molar-refractivity contribution is 6.02. The molecule has 3 rings (SSSR count). The first kappa shape index (κ1) is 30.7. The zero-order valence-electron chi connectivity index (χ0n) is 24.2. The lowest BCUT2D eigenvalue weighted by Crippen LogP contribution is -2.47. The van der Waals surface area contributed by atoms with Crippen molar-refractivity contribution in [2.45, 2.75) is 33.6 Å². The minimum atomic E-state index is -0.409.